The molecule has 0 spiro atoms. The van der Waals surface area contributed by atoms with Gasteiger partial charge in [0.1, 0.15) is 6.33 Å². The van der Waals surface area contributed by atoms with Crippen LogP contribution < -0.4 is 10.6 Å². The zero-order valence-corrected chi connectivity index (χ0v) is 8.58. The summed E-state index contributed by atoms with van der Waals surface area (Å²) in [5.41, 5.74) is 0.607. The molecule has 2 aromatic rings. The first-order valence-corrected chi connectivity index (χ1v) is 4.58. The fourth-order valence-electron chi connectivity index (χ4n) is 1.10. The summed E-state index contributed by atoms with van der Waals surface area (Å²) in [6.07, 6.45) is 4.68. The van der Waals surface area contributed by atoms with Crippen LogP contribution in [0.5, 0.6) is 0 Å². The Labute approximate surface area is 91.5 Å². The van der Waals surface area contributed by atoms with E-state index in [1.54, 1.807) is 31.6 Å². The van der Waals surface area contributed by atoms with E-state index in [0.29, 0.717) is 5.69 Å². The molecule has 2 heterocycles. The van der Waals surface area contributed by atoms with E-state index in [1.165, 1.54) is 11.0 Å². The van der Waals surface area contributed by atoms with Gasteiger partial charge in [-0.3, -0.25) is 15.0 Å². The molecule has 0 atom stereocenters. The lowest BCUT2D eigenvalue weighted by Gasteiger charge is -2.03. The van der Waals surface area contributed by atoms with E-state index in [9.17, 15) is 4.79 Å². The van der Waals surface area contributed by atoms with Crippen molar-refractivity contribution in [3.05, 3.63) is 30.9 Å². The van der Waals surface area contributed by atoms with Gasteiger partial charge in [0, 0.05) is 13.2 Å². The third-order valence-electron chi connectivity index (χ3n) is 1.74. The summed E-state index contributed by atoms with van der Waals surface area (Å²) in [6, 6.07) is 3.06. The molecular formula is C9H10N6O. The summed E-state index contributed by atoms with van der Waals surface area (Å²) in [7, 11) is 1.72. The number of amides is 2. The van der Waals surface area contributed by atoms with Crippen molar-refractivity contribution in [3.63, 3.8) is 0 Å². The van der Waals surface area contributed by atoms with Crippen molar-refractivity contribution in [1.29, 1.82) is 0 Å². The Hall–Kier alpha value is -2.44. The fourth-order valence-corrected chi connectivity index (χ4v) is 1.10. The minimum Gasteiger partial charge on any atom is -0.306 e. The zero-order valence-electron chi connectivity index (χ0n) is 8.58. The molecule has 0 aliphatic heterocycles. The second-order valence-corrected chi connectivity index (χ2v) is 3.06. The highest BCUT2D eigenvalue weighted by atomic mass is 16.2. The summed E-state index contributed by atoms with van der Waals surface area (Å²) < 4.78 is 1.50. The molecule has 0 saturated carbocycles. The molecule has 7 heteroatoms. The van der Waals surface area contributed by atoms with E-state index in [4.69, 9.17) is 0 Å². The van der Waals surface area contributed by atoms with Crippen LogP contribution in [0.15, 0.2) is 30.9 Å². The van der Waals surface area contributed by atoms with Crippen molar-refractivity contribution < 1.29 is 4.79 Å². The average Bonchev–Trinajstić information content (AvgIpc) is 2.65. The number of carbonyl (C=O) groups is 1. The molecule has 7 nitrogen and oxygen atoms in total. The van der Waals surface area contributed by atoms with Crippen molar-refractivity contribution >= 4 is 17.7 Å². The molecule has 82 valence electrons. The quantitative estimate of drug-likeness (QED) is 0.782. The summed E-state index contributed by atoms with van der Waals surface area (Å²) >= 11 is 0. The van der Waals surface area contributed by atoms with Gasteiger partial charge in [0.05, 0.1) is 11.9 Å². The Bertz CT molecular complexity index is 480. The summed E-state index contributed by atoms with van der Waals surface area (Å²) in [4.78, 5) is 19.2. The number of nitrogens with zero attached hydrogens (tertiary/aromatic N) is 4. The molecule has 0 aromatic carbocycles. The van der Waals surface area contributed by atoms with Crippen molar-refractivity contribution in [2.75, 3.05) is 10.6 Å². The molecule has 2 N–H and O–H groups in total. The second-order valence-electron chi connectivity index (χ2n) is 3.06. The fraction of sp³-hybridized carbons (Fsp3) is 0.111. The lowest BCUT2D eigenvalue weighted by Crippen LogP contribution is -2.20. The number of rotatable bonds is 2. The van der Waals surface area contributed by atoms with E-state index in [1.807, 2.05) is 0 Å². The van der Waals surface area contributed by atoms with Gasteiger partial charge in [-0.15, -0.1) is 5.10 Å². The number of pyridine rings is 1. The monoisotopic (exact) mass is 218 g/mol. The van der Waals surface area contributed by atoms with Crippen LogP contribution in [0.3, 0.4) is 0 Å². The highest BCUT2D eigenvalue weighted by Crippen LogP contribution is 2.03. The lowest BCUT2D eigenvalue weighted by molar-refractivity contribution is 0.262. The first-order valence-electron chi connectivity index (χ1n) is 4.58. The Kier molecular flexibility index (Phi) is 2.77. The van der Waals surface area contributed by atoms with Crippen molar-refractivity contribution in [3.8, 4) is 0 Å². The van der Waals surface area contributed by atoms with Crippen LogP contribution in [0.1, 0.15) is 0 Å². The van der Waals surface area contributed by atoms with Crippen LogP contribution in [0.2, 0.25) is 0 Å². The van der Waals surface area contributed by atoms with Gasteiger partial charge in [-0.05, 0) is 12.1 Å². The Morgan fingerprint density at radius 3 is 2.94 bits per heavy atom. The number of aromatic nitrogens is 4. The third kappa shape index (κ3) is 2.53. The van der Waals surface area contributed by atoms with Gasteiger partial charge in [0.25, 0.3) is 0 Å². The van der Waals surface area contributed by atoms with Gasteiger partial charge < -0.3 is 5.32 Å². The van der Waals surface area contributed by atoms with Crippen LogP contribution in [-0.2, 0) is 7.05 Å². The maximum atomic E-state index is 11.5. The average molecular weight is 218 g/mol. The molecule has 2 amide bonds. The van der Waals surface area contributed by atoms with Crippen molar-refractivity contribution in [2.45, 2.75) is 0 Å². The van der Waals surface area contributed by atoms with E-state index in [0.717, 1.165) is 0 Å². The molecule has 0 bridgehead atoms. The molecule has 0 aliphatic carbocycles. The number of hydrogen-bond acceptors (Lipinski definition) is 4. The standard InChI is InChI=1S/C9H10N6O/c1-15-6-11-8(14-15)13-9(16)12-7-3-2-4-10-5-7/h2-6H,1H3,(H2,12,13,14,16). The number of hydrogen-bond donors (Lipinski definition) is 2. The van der Waals surface area contributed by atoms with Gasteiger partial charge >= 0.3 is 6.03 Å². The van der Waals surface area contributed by atoms with Gasteiger partial charge in [0.15, 0.2) is 0 Å². The van der Waals surface area contributed by atoms with Crippen molar-refractivity contribution in [2.24, 2.45) is 7.05 Å². The van der Waals surface area contributed by atoms with Gasteiger partial charge in [-0.1, -0.05) is 0 Å². The predicted octanol–water partition coefficient (Wildman–Crippen LogP) is 0.854. The van der Waals surface area contributed by atoms with Crippen LogP contribution in [0, 0.1) is 0 Å². The summed E-state index contributed by atoms with van der Waals surface area (Å²) in [5, 5.41) is 9.00. The van der Waals surface area contributed by atoms with E-state index in [-0.39, 0.29) is 5.95 Å². The smallest absolute Gasteiger partial charge is 0.306 e. The topological polar surface area (TPSA) is 84.7 Å². The molecule has 0 aliphatic rings. The van der Waals surface area contributed by atoms with Crippen LogP contribution >= 0.6 is 0 Å². The lowest BCUT2D eigenvalue weighted by atomic mass is 10.4. The Morgan fingerprint density at radius 2 is 2.31 bits per heavy atom. The molecule has 0 radical (unpaired) electrons. The summed E-state index contributed by atoms with van der Waals surface area (Å²) in [5.74, 6) is 0.254. The molecule has 2 aromatic heterocycles. The number of carbonyl (C=O) groups excluding carboxylic acids is 1. The number of anilines is 2. The molecule has 0 saturated heterocycles. The van der Waals surface area contributed by atoms with Crippen molar-refractivity contribution in [1.82, 2.24) is 19.7 Å². The van der Waals surface area contributed by atoms with E-state index >= 15 is 0 Å². The van der Waals surface area contributed by atoms with Crippen LogP contribution in [0.25, 0.3) is 0 Å². The van der Waals surface area contributed by atoms with Gasteiger partial charge in [-0.2, -0.15) is 0 Å². The SMILES string of the molecule is Cn1cnc(NC(=O)Nc2cccnc2)n1. The molecule has 2 rings (SSSR count). The van der Waals surface area contributed by atoms with Gasteiger partial charge in [-0.25, -0.2) is 9.78 Å². The molecule has 0 unspecified atom stereocenters. The maximum absolute atomic E-state index is 11.5. The predicted molar refractivity (Wildman–Crippen MR) is 57.9 cm³/mol. The minimum atomic E-state index is -0.404. The third-order valence-corrected chi connectivity index (χ3v) is 1.74. The Morgan fingerprint density at radius 1 is 1.44 bits per heavy atom. The Balaban J connectivity index is 1.95. The van der Waals surface area contributed by atoms with Crippen LogP contribution in [0.4, 0.5) is 16.4 Å². The van der Waals surface area contributed by atoms with Crippen LogP contribution in [-0.4, -0.2) is 25.8 Å². The maximum Gasteiger partial charge on any atom is 0.326 e. The number of nitrogens with one attached hydrogen (secondary N) is 2. The van der Waals surface area contributed by atoms with E-state index < -0.39 is 6.03 Å². The van der Waals surface area contributed by atoms with Gasteiger partial charge in [0.2, 0.25) is 5.95 Å². The zero-order chi connectivity index (χ0) is 11.4. The number of urea groups is 1. The molecular weight excluding hydrogens is 208 g/mol. The first kappa shape index (κ1) is 10.1. The largest absolute Gasteiger partial charge is 0.326 e. The first-order chi connectivity index (χ1) is 7.74. The highest BCUT2D eigenvalue weighted by Gasteiger charge is 2.05. The highest BCUT2D eigenvalue weighted by molar-refractivity contribution is 5.98. The normalized spacial score (nSPS) is 9.81. The molecule has 16 heavy (non-hydrogen) atoms. The second kappa shape index (κ2) is 4.39. The minimum absolute atomic E-state index is 0.254. The molecule has 0 fully saturated rings. The number of aryl methyl sites for hydroxylation is 1. The van der Waals surface area contributed by atoms with E-state index in [2.05, 4.69) is 25.7 Å². The summed E-state index contributed by atoms with van der Waals surface area (Å²) in [6.45, 7) is 0.